The van der Waals surface area contributed by atoms with Crippen LogP contribution in [-0.4, -0.2) is 23.1 Å². The minimum atomic E-state index is -0.717. The third-order valence-electron chi connectivity index (χ3n) is 1.38. The number of carbonyl (C=O) groups is 2. The van der Waals surface area contributed by atoms with E-state index in [1.807, 2.05) is 0 Å². The number of rotatable bonds is 3. The normalized spacial score (nSPS) is 14.9. The van der Waals surface area contributed by atoms with Gasteiger partial charge in [0.15, 0.2) is 0 Å². The van der Waals surface area contributed by atoms with Crippen LogP contribution < -0.4 is 5.73 Å². The summed E-state index contributed by atoms with van der Waals surface area (Å²) in [6.07, 6.45) is -0.243. The number of nitrogens with two attached hydrogens (primary N) is 1. The first kappa shape index (κ1) is 11.5. The maximum absolute atomic E-state index is 11.4. The highest BCUT2D eigenvalue weighted by Crippen LogP contribution is 2.45. The average molecular weight is 233 g/mol. The highest BCUT2D eigenvalue weighted by atomic mass is 32.3. The number of primary amides is 1. The van der Waals surface area contributed by atoms with Gasteiger partial charge in [-0.3, -0.25) is 4.79 Å². The number of amides is 1. The van der Waals surface area contributed by atoms with Crippen molar-refractivity contribution in [2.75, 3.05) is 5.08 Å². The Labute approximate surface area is 90.6 Å². The van der Waals surface area contributed by atoms with E-state index in [9.17, 15) is 9.59 Å². The minimum absolute atomic E-state index is 0.0139. The van der Waals surface area contributed by atoms with E-state index in [1.165, 1.54) is 23.5 Å². The first-order chi connectivity index (χ1) is 6.52. The van der Waals surface area contributed by atoms with E-state index in [0.717, 1.165) is 5.08 Å². The number of hydrogen-bond donors (Lipinski definition) is 1. The predicted octanol–water partition coefficient (Wildman–Crippen LogP) is 1.07. The maximum Gasteiger partial charge on any atom is 0.345 e. The van der Waals surface area contributed by atoms with Gasteiger partial charge >= 0.3 is 5.97 Å². The molecule has 0 aromatic heterocycles. The van der Waals surface area contributed by atoms with Crippen LogP contribution in [0.5, 0.6) is 0 Å². The number of ether oxygens (including phenoxy) is 1. The van der Waals surface area contributed by atoms with Gasteiger partial charge in [-0.05, 0) is 13.8 Å². The summed E-state index contributed by atoms with van der Waals surface area (Å²) in [7, 11) is 0. The van der Waals surface area contributed by atoms with E-state index in [-0.39, 0.29) is 11.7 Å². The SMILES string of the molecule is CC(C)OC(=O)C(C(N)=O)=C1SCS1. The van der Waals surface area contributed by atoms with Crippen LogP contribution in [0.4, 0.5) is 0 Å². The van der Waals surface area contributed by atoms with Gasteiger partial charge in [-0.25, -0.2) is 4.79 Å². The van der Waals surface area contributed by atoms with Crippen molar-refractivity contribution in [2.24, 2.45) is 5.73 Å². The van der Waals surface area contributed by atoms with E-state index in [2.05, 4.69) is 0 Å². The maximum atomic E-state index is 11.4. The number of hydrogen-bond acceptors (Lipinski definition) is 5. The molecule has 1 fully saturated rings. The van der Waals surface area contributed by atoms with Crippen LogP contribution in [0.2, 0.25) is 0 Å². The smallest absolute Gasteiger partial charge is 0.345 e. The molecule has 1 amide bonds. The molecule has 0 spiro atoms. The second kappa shape index (κ2) is 4.75. The Morgan fingerprint density at radius 3 is 2.29 bits per heavy atom. The lowest BCUT2D eigenvalue weighted by Crippen LogP contribution is -2.26. The second-order valence-corrected chi connectivity index (χ2v) is 5.48. The van der Waals surface area contributed by atoms with Crippen LogP contribution in [0.3, 0.4) is 0 Å². The molecule has 14 heavy (non-hydrogen) atoms. The van der Waals surface area contributed by atoms with Crippen molar-refractivity contribution in [1.82, 2.24) is 0 Å². The highest BCUT2D eigenvalue weighted by Gasteiger charge is 2.27. The summed E-state index contributed by atoms with van der Waals surface area (Å²) in [6.45, 7) is 3.45. The first-order valence-corrected chi connectivity index (χ1v) is 6.00. The monoisotopic (exact) mass is 233 g/mol. The zero-order valence-corrected chi connectivity index (χ0v) is 9.54. The summed E-state index contributed by atoms with van der Waals surface area (Å²) in [6, 6.07) is 0. The molecule has 0 aliphatic carbocycles. The van der Waals surface area contributed by atoms with Crippen molar-refractivity contribution in [1.29, 1.82) is 0 Å². The molecule has 2 N–H and O–H groups in total. The van der Waals surface area contributed by atoms with Gasteiger partial charge in [0, 0.05) is 5.08 Å². The van der Waals surface area contributed by atoms with Gasteiger partial charge in [-0.2, -0.15) is 0 Å². The minimum Gasteiger partial charge on any atom is -0.459 e. The Bertz CT molecular complexity index is 293. The standard InChI is InChI=1S/C8H11NO3S2/c1-4(2)12-7(11)5(6(9)10)8-13-3-14-8/h4H,3H2,1-2H3,(H2,9,10). The fraction of sp³-hybridized carbons (Fsp3) is 0.500. The van der Waals surface area contributed by atoms with Crippen molar-refractivity contribution < 1.29 is 14.3 Å². The van der Waals surface area contributed by atoms with E-state index >= 15 is 0 Å². The molecule has 0 unspecified atom stereocenters. The van der Waals surface area contributed by atoms with Gasteiger partial charge in [-0.1, -0.05) is 0 Å². The molecule has 78 valence electrons. The van der Waals surface area contributed by atoms with E-state index in [0.29, 0.717) is 4.24 Å². The van der Waals surface area contributed by atoms with E-state index in [4.69, 9.17) is 10.5 Å². The molecule has 0 radical (unpaired) electrons. The molecule has 4 nitrogen and oxygen atoms in total. The van der Waals surface area contributed by atoms with Crippen LogP contribution in [-0.2, 0) is 14.3 Å². The lowest BCUT2D eigenvalue weighted by molar-refractivity contribution is -0.143. The molecular formula is C8H11NO3S2. The molecule has 0 aromatic rings. The van der Waals surface area contributed by atoms with Crippen molar-refractivity contribution in [3.63, 3.8) is 0 Å². The largest absolute Gasteiger partial charge is 0.459 e. The van der Waals surface area contributed by atoms with Crippen LogP contribution in [0.1, 0.15) is 13.8 Å². The fourth-order valence-electron chi connectivity index (χ4n) is 0.820. The molecule has 0 bridgehead atoms. The Balaban J connectivity index is 2.79. The Morgan fingerprint density at radius 1 is 1.43 bits per heavy atom. The zero-order valence-electron chi connectivity index (χ0n) is 7.90. The lowest BCUT2D eigenvalue weighted by Gasteiger charge is -2.18. The van der Waals surface area contributed by atoms with Gasteiger partial charge in [0.25, 0.3) is 5.91 Å². The van der Waals surface area contributed by atoms with Crippen molar-refractivity contribution in [2.45, 2.75) is 20.0 Å². The summed E-state index contributed by atoms with van der Waals surface area (Å²) in [5.74, 6) is -1.34. The predicted molar refractivity (Wildman–Crippen MR) is 57.5 cm³/mol. The highest BCUT2D eigenvalue weighted by molar-refractivity contribution is 8.37. The topological polar surface area (TPSA) is 69.4 Å². The van der Waals surface area contributed by atoms with E-state index in [1.54, 1.807) is 13.8 Å². The molecule has 1 aliphatic rings. The third kappa shape index (κ3) is 2.68. The lowest BCUT2D eigenvalue weighted by atomic mass is 10.3. The van der Waals surface area contributed by atoms with E-state index < -0.39 is 11.9 Å². The summed E-state index contributed by atoms with van der Waals surface area (Å²) < 4.78 is 5.58. The first-order valence-electron chi connectivity index (χ1n) is 4.03. The molecule has 1 rings (SSSR count). The molecule has 0 atom stereocenters. The molecule has 1 heterocycles. The molecular weight excluding hydrogens is 222 g/mol. The van der Waals surface area contributed by atoms with Gasteiger partial charge < -0.3 is 10.5 Å². The fourth-order valence-corrected chi connectivity index (χ4v) is 2.42. The molecule has 0 aromatic carbocycles. The van der Waals surface area contributed by atoms with Gasteiger partial charge in [0.05, 0.1) is 10.3 Å². The van der Waals surface area contributed by atoms with Crippen LogP contribution in [0.25, 0.3) is 0 Å². The molecule has 1 saturated heterocycles. The summed E-state index contributed by atoms with van der Waals surface area (Å²) in [4.78, 5) is 22.4. The van der Waals surface area contributed by atoms with Crippen LogP contribution in [0, 0.1) is 0 Å². The van der Waals surface area contributed by atoms with Crippen molar-refractivity contribution in [3.8, 4) is 0 Å². The summed E-state index contributed by atoms with van der Waals surface area (Å²) in [5, 5.41) is 0.848. The molecule has 6 heteroatoms. The second-order valence-electron chi connectivity index (χ2n) is 2.89. The number of thioether (sulfide) groups is 2. The van der Waals surface area contributed by atoms with Crippen molar-refractivity contribution in [3.05, 3.63) is 9.81 Å². The number of carbonyl (C=O) groups excluding carboxylic acids is 2. The molecule has 1 aliphatic heterocycles. The van der Waals surface area contributed by atoms with Gasteiger partial charge in [0.1, 0.15) is 5.57 Å². The number of esters is 1. The van der Waals surface area contributed by atoms with Gasteiger partial charge in [-0.15, -0.1) is 23.5 Å². The third-order valence-corrected chi connectivity index (χ3v) is 3.96. The quantitative estimate of drug-likeness (QED) is 0.342. The van der Waals surface area contributed by atoms with Gasteiger partial charge in [0.2, 0.25) is 0 Å². The Hall–Kier alpha value is -0.620. The Morgan fingerprint density at radius 2 is 2.00 bits per heavy atom. The average Bonchev–Trinajstić information content (AvgIpc) is 1.93. The van der Waals surface area contributed by atoms with Crippen molar-refractivity contribution >= 4 is 35.4 Å². The molecule has 0 saturated carbocycles. The summed E-state index contributed by atoms with van der Waals surface area (Å²) in [5.41, 5.74) is 5.09. The zero-order chi connectivity index (χ0) is 10.7. The Kier molecular flexibility index (Phi) is 3.88. The summed E-state index contributed by atoms with van der Waals surface area (Å²) >= 11 is 2.88. The van der Waals surface area contributed by atoms with Crippen LogP contribution in [0.15, 0.2) is 9.81 Å². The van der Waals surface area contributed by atoms with Crippen LogP contribution >= 0.6 is 23.5 Å².